The van der Waals surface area contributed by atoms with Gasteiger partial charge in [-0.15, -0.1) is 0 Å². The van der Waals surface area contributed by atoms with Crippen LogP contribution in [0.15, 0.2) is 97.1 Å². The minimum atomic E-state index is -0.414. The van der Waals surface area contributed by atoms with Gasteiger partial charge in [0.1, 0.15) is 34.5 Å². The molecule has 6 heteroatoms. The zero-order valence-corrected chi connectivity index (χ0v) is 23.3. The molecule has 0 saturated heterocycles. The monoisotopic (exact) mass is 540 g/mol. The van der Waals surface area contributed by atoms with Gasteiger partial charge in [-0.25, -0.2) is 0 Å². The van der Waals surface area contributed by atoms with Crippen LogP contribution < -0.4 is 30.4 Å². The molecule has 0 aliphatic heterocycles. The first-order chi connectivity index (χ1) is 19.6. The first kappa shape index (κ1) is 28.7. The normalized spacial score (nSPS) is 10.8. The van der Waals surface area contributed by atoms with Gasteiger partial charge in [0.05, 0.1) is 0 Å². The van der Waals surface area contributed by atoms with E-state index in [1.165, 1.54) is 32.1 Å². The van der Waals surface area contributed by atoms with Gasteiger partial charge >= 0.3 is 0 Å². The van der Waals surface area contributed by atoms with Gasteiger partial charge in [-0.05, 0) is 103 Å². The van der Waals surface area contributed by atoms with Crippen molar-refractivity contribution in [2.24, 2.45) is 0 Å². The number of rotatable bonds is 16. The van der Waals surface area contributed by atoms with Crippen molar-refractivity contribution in [3.63, 3.8) is 0 Å². The van der Waals surface area contributed by atoms with Crippen molar-refractivity contribution in [2.75, 3.05) is 11.5 Å². The molecule has 0 heterocycles. The number of ether oxygens (including phenoxy) is 4. The number of benzene rings is 4. The molecule has 40 heavy (non-hydrogen) atoms. The SMILES string of the molecule is CCCCCCCCCC(Oc1ccc(Oc2ccc(N)cc2)cc1)Oc1ccc(Oc2ccc(N)cc2)cc1. The number of hydrogen-bond acceptors (Lipinski definition) is 6. The third kappa shape index (κ3) is 9.77. The molecule has 0 aromatic heterocycles. The molecule has 4 rings (SSSR count). The zero-order valence-electron chi connectivity index (χ0n) is 23.3. The largest absolute Gasteiger partial charge is 0.457 e. The summed E-state index contributed by atoms with van der Waals surface area (Å²) in [6.45, 7) is 2.24. The summed E-state index contributed by atoms with van der Waals surface area (Å²) in [6.07, 6.45) is 8.98. The van der Waals surface area contributed by atoms with Gasteiger partial charge in [0, 0.05) is 17.8 Å². The summed E-state index contributed by atoms with van der Waals surface area (Å²) in [5.41, 5.74) is 12.9. The Morgan fingerprint density at radius 3 is 1.18 bits per heavy atom. The molecule has 0 bridgehead atoms. The Hall–Kier alpha value is -4.32. The predicted octanol–water partition coefficient (Wildman–Crippen LogP) is 9.36. The second-order valence-electron chi connectivity index (χ2n) is 9.86. The Bertz CT molecular complexity index is 1160. The van der Waals surface area contributed by atoms with Gasteiger partial charge < -0.3 is 30.4 Å². The maximum absolute atomic E-state index is 6.28. The summed E-state index contributed by atoms with van der Waals surface area (Å²) in [6, 6.07) is 29.8. The Labute approximate surface area is 237 Å². The fourth-order valence-electron chi connectivity index (χ4n) is 4.23. The average Bonchev–Trinajstić information content (AvgIpc) is 2.97. The summed E-state index contributed by atoms with van der Waals surface area (Å²) < 4.78 is 24.4. The highest BCUT2D eigenvalue weighted by Crippen LogP contribution is 2.28. The molecule has 4 aromatic carbocycles. The Kier molecular flexibility index (Phi) is 11.0. The average molecular weight is 541 g/mol. The molecular weight excluding hydrogens is 500 g/mol. The molecule has 0 fully saturated rings. The lowest BCUT2D eigenvalue weighted by atomic mass is 10.1. The zero-order chi connectivity index (χ0) is 28.0. The van der Waals surface area contributed by atoms with Crippen LogP contribution >= 0.6 is 0 Å². The van der Waals surface area contributed by atoms with Crippen molar-refractivity contribution in [3.8, 4) is 34.5 Å². The second kappa shape index (κ2) is 15.3. The van der Waals surface area contributed by atoms with Crippen LogP contribution in [-0.2, 0) is 0 Å². The van der Waals surface area contributed by atoms with Crippen molar-refractivity contribution in [3.05, 3.63) is 97.1 Å². The van der Waals surface area contributed by atoms with Gasteiger partial charge in [-0.1, -0.05) is 45.4 Å². The van der Waals surface area contributed by atoms with Crippen LogP contribution in [0.4, 0.5) is 11.4 Å². The first-order valence-corrected chi connectivity index (χ1v) is 14.2. The molecule has 0 saturated carbocycles. The first-order valence-electron chi connectivity index (χ1n) is 14.2. The summed E-state index contributed by atoms with van der Waals surface area (Å²) in [5, 5.41) is 0. The molecule has 0 amide bonds. The van der Waals surface area contributed by atoms with Crippen molar-refractivity contribution in [1.29, 1.82) is 0 Å². The molecule has 6 nitrogen and oxygen atoms in total. The third-order valence-electron chi connectivity index (χ3n) is 6.46. The molecule has 210 valence electrons. The number of hydrogen-bond donors (Lipinski definition) is 2. The Balaban J connectivity index is 1.35. The van der Waals surface area contributed by atoms with E-state index in [0.717, 1.165) is 53.8 Å². The van der Waals surface area contributed by atoms with E-state index < -0.39 is 6.29 Å². The van der Waals surface area contributed by atoms with E-state index in [1.807, 2.05) is 97.1 Å². The maximum Gasteiger partial charge on any atom is 0.241 e. The number of anilines is 2. The molecule has 0 radical (unpaired) electrons. The van der Waals surface area contributed by atoms with Gasteiger partial charge in [0.2, 0.25) is 6.29 Å². The van der Waals surface area contributed by atoms with Crippen LogP contribution in [0.3, 0.4) is 0 Å². The van der Waals surface area contributed by atoms with Crippen LogP contribution in [-0.4, -0.2) is 6.29 Å². The van der Waals surface area contributed by atoms with Crippen LogP contribution in [0.25, 0.3) is 0 Å². The van der Waals surface area contributed by atoms with Gasteiger partial charge in [-0.2, -0.15) is 0 Å². The summed E-state index contributed by atoms with van der Waals surface area (Å²) in [4.78, 5) is 0. The standard InChI is InChI=1S/C34H40N2O4/c1-2-3-4-5-6-7-8-9-34(39-32-22-18-30(19-23-32)37-28-14-10-26(35)11-15-28)40-33-24-20-31(21-25-33)38-29-16-12-27(36)13-17-29/h10-25,34H,2-9,35-36H2,1H3. The van der Waals surface area contributed by atoms with E-state index in [9.17, 15) is 0 Å². The van der Waals surface area contributed by atoms with Crippen molar-refractivity contribution in [2.45, 2.75) is 64.6 Å². The van der Waals surface area contributed by atoms with Crippen LogP contribution in [0.1, 0.15) is 58.3 Å². The second-order valence-corrected chi connectivity index (χ2v) is 9.86. The highest BCUT2D eigenvalue weighted by atomic mass is 16.7. The highest BCUT2D eigenvalue weighted by molar-refractivity contribution is 5.44. The van der Waals surface area contributed by atoms with Crippen molar-refractivity contribution >= 4 is 11.4 Å². The van der Waals surface area contributed by atoms with E-state index in [0.29, 0.717) is 11.4 Å². The van der Waals surface area contributed by atoms with E-state index in [4.69, 9.17) is 30.4 Å². The minimum absolute atomic E-state index is 0.414. The molecule has 0 atom stereocenters. The number of nitrogen functional groups attached to an aromatic ring is 2. The molecule has 0 aliphatic rings. The van der Waals surface area contributed by atoms with Crippen molar-refractivity contribution in [1.82, 2.24) is 0 Å². The lowest BCUT2D eigenvalue weighted by molar-refractivity contribution is -0.00251. The maximum atomic E-state index is 6.28. The molecule has 0 spiro atoms. The van der Waals surface area contributed by atoms with E-state index in [2.05, 4.69) is 6.92 Å². The Morgan fingerprint density at radius 2 is 0.775 bits per heavy atom. The van der Waals surface area contributed by atoms with Crippen LogP contribution in [0.2, 0.25) is 0 Å². The van der Waals surface area contributed by atoms with Gasteiger partial charge in [-0.3, -0.25) is 0 Å². The lowest BCUT2D eigenvalue weighted by Gasteiger charge is -2.21. The molecule has 0 unspecified atom stereocenters. The van der Waals surface area contributed by atoms with E-state index in [-0.39, 0.29) is 0 Å². The molecule has 0 aliphatic carbocycles. The molecule has 4 N–H and O–H groups in total. The van der Waals surface area contributed by atoms with Crippen LogP contribution in [0, 0.1) is 0 Å². The summed E-state index contributed by atoms with van der Waals surface area (Å²) in [5.74, 6) is 4.34. The summed E-state index contributed by atoms with van der Waals surface area (Å²) in [7, 11) is 0. The number of unbranched alkanes of at least 4 members (excludes halogenated alkanes) is 6. The third-order valence-corrected chi connectivity index (χ3v) is 6.46. The predicted molar refractivity (Wildman–Crippen MR) is 162 cm³/mol. The fourth-order valence-corrected chi connectivity index (χ4v) is 4.23. The smallest absolute Gasteiger partial charge is 0.241 e. The Morgan fingerprint density at radius 1 is 0.450 bits per heavy atom. The van der Waals surface area contributed by atoms with E-state index in [1.54, 1.807) is 0 Å². The lowest BCUT2D eigenvalue weighted by Crippen LogP contribution is -2.24. The van der Waals surface area contributed by atoms with Crippen molar-refractivity contribution < 1.29 is 18.9 Å². The van der Waals surface area contributed by atoms with Gasteiger partial charge in [0.15, 0.2) is 0 Å². The highest BCUT2D eigenvalue weighted by Gasteiger charge is 2.13. The quantitative estimate of drug-likeness (QED) is 0.0836. The van der Waals surface area contributed by atoms with Crippen LogP contribution in [0.5, 0.6) is 34.5 Å². The fraction of sp³-hybridized carbons (Fsp3) is 0.294. The van der Waals surface area contributed by atoms with E-state index >= 15 is 0 Å². The molecular formula is C34H40N2O4. The topological polar surface area (TPSA) is 89.0 Å². The number of nitrogens with two attached hydrogens (primary N) is 2. The van der Waals surface area contributed by atoms with Gasteiger partial charge in [0.25, 0.3) is 0 Å². The summed E-state index contributed by atoms with van der Waals surface area (Å²) >= 11 is 0. The molecule has 4 aromatic rings. The minimum Gasteiger partial charge on any atom is -0.457 e.